The Labute approximate surface area is 97.4 Å². The first-order chi connectivity index (χ1) is 7.85. The number of hydrogen-bond acceptors (Lipinski definition) is 1. The van der Waals surface area contributed by atoms with E-state index in [1.165, 1.54) is 11.1 Å². The van der Waals surface area contributed by atoms with Crippen molar-refractivity contribution < 1.29 is 4.74 Å². The highest BCUT2D eigenvalue weighted by atomic mass is 16.5. The summed E-state index contributed by atoms with van der Waals surface area (Å²) in [6.45, 7) is 5.97. The predicted molar refractivity (Wildman–Crippen MR) is 68.0 cm³/mol. The molecule has 0 saturated heterocycles. The maximum atomic E-state index is 5.98. The Hall–Kier alpha value is -1.50. The summed E-state index contributed by atoms with van der Waals surface area (Å²) in [7, 11) is 0. The topological polar surface area (TPSA) is 9.23 Å². The van der Waals surface area contributed by atoms with Crippen molar-refractivity contribution in [1.82, 2.24) is 0 Å². The number of ether oxygens (including phenoxy) is 1. The highest BCUT2D eigenvalue weighted by molar-refractivity contribution is 5.58. The second-order valence-corrected chi connectivity index (χ2v) is 4.12. The maximum absolute atomic E-state index is 5.98. The van der Waals surface area contributed by atoms with Crippen molar-refractivity contribution in [2.45, 2.75) is 32.3 Å². The molecule has 1 atom stereocenters. The average Bonchev–Trinajstić information content (AvgIpc) is 2.30. The van der Waals surface area contributed by atoms with Gasteiger partial charge in [-0.25, -0.2) is 0 Å². The second-order valence-electron chi connectivity index (χ2n) is 4.12. The Balaban J connectivity index is 2.33. The van der Waals surface area contributed by atoms with E-state index >= 15 is 0 Å². The fourth-order valence-electron chi connectivity index (χ4n) is 2.09. The molecule has 0 bridgehead atoms. The molecule has 0 amide bonds. The first-order valence-corrected chi connectivity index (χ1v) is 5.92. The highest BCUT2D eigenvalue weighted by Crippen LogP contribution is 2.34. The van der Waals surface area contributed by atoms with Crippen LogP contribution in [0.3, 0.4) is 0 Å². The van der Waals surface area contributed by atoms with E-state index in [-0.39, 0.29) is 6.10 Å². The molecule has 0 N–H and O–H groups in total. The summed E-state index contributed by atoms with van der Waals surface area (Å²) in [5.74, 6) is 1.10. The molecule has 16 heavy (non-hydrogen) atoms. The van der Waals surface area contributed by atoms with Crippen LogP contribution in [0, 0.1) is 0 Å². The lowest BCUT2D eigenvalue weighted by molar-refractivity contribution is 0.110. The third kappa shape index (κ3) is 2.19. The summed E-state index contributed by atoms with van der Waals surface area (Å²) in [5.41, 5.74) is 2.58. The Morgan fingerprint density at radius 1 is 1.38 bits per heavy atom. The molecular formula is C15H18O. The van der Waals surface area contributed by atoms with E-state index in [9.17, 15) is 0 Å². The Bertz CT molecular complexity index is 404. The summed E-state index contributed by atoms with van der Waals surface area (Å²) < 4.78 is 5.98. The first kappa shape index (κ1) is 11.0. The van der Waals surface area contributed by atoms with Gasteiger partial charge in [0, 0.05) is 12.8 Å². The van der Waals surface area contributed by atoms with Crippen LogP contribution in [0.1, 0.15) is 43.4 Å². The van der Waals surface area contributed by atoms with Crippen LogP contribution in [-0.2, 0) is 4.74 Å². The van der Waals surface area contributed by atoms with E-state index < -0.39 is 0 Å². The van der Waals surface area contributed by atoms with Crippen molar-refractivity contribution >= 4 is 6.08 Å². The van der Waals surface area contributed by atoms with Crippen molar-refractivity contribution in [3.63, 3.8) is 0 Å². The molecule has 0 aromatic heterocycles. The lowest BCUT2D eigenvalue weighted by Gasteiger charge is -2.26. The van der Waals surface area contributed by atoms with Crippen LogP contribution in [0.5, 0.6) is 0 Å². The van der Waals surface area contributed by atoms with Gasteiger partial charge in [-0.3, -0.25) is 0 Å². The van der Waals surface area contributed by atoms with Gasteiger partial charge >= 0.3 is 0 Å². The van der Waals surface area contributed by atoms with Crippen molar-refractivity contribution in [1.29, 1.82) is 0 Å². The van der Waals surface area contributed by atoms with E-state index in [1.807, 2.05) is 6.08 Å². The molecule has 2 rings (SSSR count). The quantitative estimate of drug-likeness (QED) is 0.672. The largest absolute Gasteiger partial charge is 0.490 e. The van der Waals surface area contributed by atoms with E-state index in [0.29, 0.717) is 0 Å². The summed E-state index contributed by atoms with van der Waals surface area (Å²) in [6, 6.07) is 8.44. The van der Waals surface area contributed by atoms with Gasteiger partial charge in [0.25, 0.3) is 0 Å². The number of hydrogen-bond donors (Lipinski definition) is 0. The van der Waals surface area contributed by atoms with Crippen molar-refractivity contribution in [2.24, 2.45) is 0 Å². The molecular weight excluding hydrogens is 196 g/mol. The minimum absolute atomic E-state index is 0.153. The fraction of sp³-hybridized carbons (Fsp3) is 0.333. The van der Waals surface area contributed by atoms with Crippen molar-refractivity contribution in [3.05, 3.63) is 53.8 Å². The zero-order valence-corrected chi connectivity index (χ0v) is 9.78. The highest BCUT2D eigenvalue weighted by Gasteiger charge is 2.20. The van der Waals surface area contributed by atoms with Gasteiger partial charge in [-0.05, 0) is 23.6 Å². The monoisotopic (exact) mass is 214 g/mol. The van der Waals surface area contributed by atoms with E-state index in [2.05, 4.69) is 43.8 Å². The predicted octanol–water partition coefficient (Wildman–Crippen LogP) is 4.48. The van der Waals surface area contributed by atoms with Crippen molar-refractivity contribution in [3.8, 4) is 0 Å². The number of fused-ring (bicyclic) bond motifs is 1. The summed E-state index contributed by atoms with van der Waals surface area (Å²) in [5, 5.41) is 0. The van der Waals surface area contributed by atoms with E-state index in [4.69, 9.17) is 4.74 Å². The molecule has 1 heteroatoms. The lowest BCUT2D eigenvalue weighted by Crippen LogP contribution is -2.10. The van der Waals surface area contributed by atoms with Gasteiger partial charge < -0.3 is 4.74 Å². The first-order valence-electron chi connectivity index (χ1n) is 5.92. The molecule has 1 aliphatic heterocycles. The van der Waals surface area contributed by atoms with Crippen LogP contribution in [0.15, 0.2) is 42.7 Å². The molecule has 1 nitrogen and oxygen atoms in total. The zero-order valence-electron chi connectivity index (χ0n) is 9.78. The van der Waals surface area contributed by atoms with Gasteiger partial charge in [0.05, 0.1) is 5.76 Å². The molecule has 1 unspecified atom stereocenters. The smallest absolute Gasteiger partial charge is 0.127 e. The van der Waals surface area contributed by atoms with Gasteiger partial charge in [-0.1, -0.05) is 37.3 Å². The van der Waals surface area contributed by atoms with Crippen LogP contribution < -0.4 is 0 Å². The molecule has 0 saturated carbocycles. The van der Waals surface area contributed by atoms with Gasteiger partial charge in [-0.15, -0.1) is 6.58 Å². The lowest BCUT2D eigenvalue weighted by atomic mass is 9.96. The molecule has 0 spiro atoms. The van der Waals surface area contributed by atoms with E-state index in [1.54, 1.807) is 0 Å². The second kappa shape index (κ2) is 5.02. The summed E-state index contributed by atoms with van der Waals surface area (Å²) in [6.07, 6.45) is 7.25. The van der Waals surface area contributed by atoms with Crippen LogP contribution in [0.25, 0.3) is 6.08 Å². The van der Waals surface area contributed by atoms with Gasteiger partial charge in [-0.2, -0.15) is 0 Å². The van der Waals surface area contributed by atoms with Gasteiger partial charge in [0.15, 0.2) is 0 Å². The summed E-state index contributed by atoms with van der Waals surface area (Å²) in [4.78, 5) is 0. The SMILES string of the molecule is C=CCC1OC(CCC)=Cc2ccccc21. The van der Waals surface area contributed by atoms with Crippen LogP contribution in [-0.4, -0.2) is 0 Å². The van der Waals surface area contributed by atoms with Gasteiger partial charge in [0.2, 0.25) is 0 Å². The minimum atomic E-state index is 0.153. The van der Waals surface area contributed by atoms with Crippen molar-refractivity contribution in [2.75, 3.05) is 0 Å². The number of rotatable bonds is 4. The molecule has 0 aliphatic carbocycles. The molecule has 1 aromatic rings. The molecule has 0 fully saturated rings. The molecule has 0 radical (unpaired) electrons. The number of benzene rings is 1. The minimum Gasteiger partial charge on any atom is -0.490 e. The zero-order chi connectivity index (χ0) is 11.4. The fourth-order valence-corrected chi connectivity index (χ4v) is 2.09. The van der Waals surface area contributed by atoms with E-state index in [0.717, 1.165) is 25.0 Å². The number of allylic oxidation sites excluding steroid dienone is 1. The standard InChI is InChI=1S/C15H18O/c1-3-7-13-11-12-9-5-6-10-14(12)15(16-13)8-4-2/h4-6,9-11,15H,2-3,7-8H2,1H3. The van der Waals surface area contributed by atoms with Gasteiger partial charge in [0.1, 0.15) is 6.10 Å². The molecule has 1 aliphatic rings. The Kier molecular flexibility index (Phi) is 3.45. The summed E-state index contributed by atoms with van der Waals surface area (Å²) >= 11 is 0. The molecule has 1 aromatic carbocycles. The van der Waals surface area contributed by atoms with Crippen LogP contribution in [0.4, 0.5) is 0 Å². The third-order valence-electron chi connectivity index (χ3n) is 2.83. The third-order valence-corrected chi connectivity index (χ3v) is 2.83. The molecule has 84 valence electrons. The maximum Gasteiger partial charge on any atom is 0.127 e. The Morgan fingerprint density at radius 2 is 2.19 bits per heavy atom. The van der Waals surface area contributed by atoms with Crippen LogP contribution >= 0.6 is 0 Å². The Morgan fingerprint density at radius 3 is 2.94 bits per heavy atom. The average molecular weight is 214 g/mol. The molecule has 1 heterocycles. The normalized spacial score (nSPS) is 18.3. The van der Waals surface area contributed by atoms with Crippen LogP contribution in [0.2, 0.25) is 0 Å².